The first-order valence-electron chi connectivity index (χ1n) is 4.76. The van der Waals surface area contributed by atoms with Crippen LogP contribution < -0.4 is 22.9 Å². The molecule has 12 N–H and O–H groups in total. The molecule has 0 aromatic heterocycles. The van der Waals surface area contributed by atoms with Crippen molar-refractivity contribution < 1.29 is 39.6 Å². The number of hydrogen-bond acceptors (Lipinski definition) is 8. The monoisotopic (exact) mass is 339 g/mol. The fourth-order valence-corrected chi connectivity index (χ4v) is 0. The summed E-state index contributed by atoms with van der Waals surface area (Å²) in [5.74, 6) is -3.87. The van der Waals surface area contributed by atoms with Gasteiger partial charge in [0.1, 0.15) is 0 Å². The van der Waals surface area contributed by atoms with E-state index in [0.29, 0.717) is 0 Å². The number of aliphatic carboxylic acids is 4. The van der Waals surface area contributed by atoms with Crippen LogP contribution in [0.25, 0.3) is 0 Å². The van der Waals surface area contributed by atoms with Crippen molar-refractivity contribution >= 4 is 75.3 Å². The van der Waals surface area contributed by atoms with E-state index in [1.807, 2.05) is 0 Å². The molecular weight excluding hydrogens is 319 g/mol. The average molecular weight is 339 g/mol. The van der Waals surface area contributed by atoms with E-state index in [2.05, 4.69) is 22.9 Å². The van der Waals surface area contributed by atoms with E-state index in [1.54, 1.807) is 0 Å². The van der Waals surface area contributed by atoms with Crippen molar-refractivity contribution in [1.82, 2.24) is 0 Å². The maximum absolute atomic E-state index is 9.24. The van der Waals surface area contributed by atoms with Crippen molar-refractivity contribution in [2.24, 2.45) is 22.9 Å². The second-order valence-electron chi connectivity index (χ2n) is 2.39. The molecule has 0 bridgehead atoms. The standard InChI is InChI=1S/4C2H5NO2.K/c4*3-1-2(4)5;/h4*1,3H2,(H,4,5);. The summed E-state index contributed by atoms with van der Waals surface area (Å²) in [6.45, 7) is -1.11. The summed E-state index contributed by atoms with van der Waals surface area (Å²) in [6.07, 6.45) is 0. The summed E-state index contributed by atoms with van der Waals surface area (Å²) in [6, 6.07) is 0. The van der Waals surface area contributed by atoms with Crippen LogP contribution >= 0.6 is 0 Å². The van der Waals surface area contributed by atoms with Gasteiger partial charge in [0.15, 0.2) is 0 Å². The third-order valence-corrected chi connectivity index (χ3v) is 0.698. The third-order valence-electron chi connectivity index (χ3n) is 0.698. The summed E-state index contributed by atoms with van der Waals surface area (Å²) < 4.78 is 0. The van der Waals surface area contributed by atoms with Crippen molar-refractivity contribution in [3.63, 3.8) is 0 Å². The summed E-state index contributed by atoms with van der Waals surface area (Å²) in [4.78, 5) is 37.0. The van der Waals surface area contributed by atoms with E-state index in [0.717, 1.165) is 0 Å². The van der Waals surface area contributed by atoms with Crippen LogP contribution in [-0.2, 0) is 19.2 Å². The summed E-state index contributed by atoms with van der Waals surface area (Å²) >= 11 is 0. The Kier molecular flexibility index (Phi) is 42.6. The van der Waals surface area contributed by atoms with Crippen LogP contribution in [0.4, 0.5) is 0 Å². The molecule has 0 atom stereocenters. The molecule has 0 aromatic rings. The van der Waals surface area contributed by atoms with Gasteiger partial charge in [-0.2, -0.15) is 0 Å². The van der Waals surface area contributed by atoms with Gasteiger partial charge in [-0.25, -0.2) is 0 Å². The van der Waals surface area contributed by atoms with Crippen LogP contribution in [0.3, 0.4) is 0 Å². The van der Waals surface area contributed by atoms with Gasteiger partial charge in [-0.3, -0.25) is 19.2 Å². The molecule has 0 saturated heterocycles. The zero-order valence-electron chi connectivity index (χ0n) is 11.6. The number of carboxylic acid groups (broad SMARTS) is 4. The van der Waals surface area contributed by atoms with E-state index in [-0.39, 0.29) is 77.6 Å². The van der Waals surface area contributed by atoms with Crippen LogP contribution in [0, 0.1) is 0 Å². The maximum Gasteiger partial charge on any atom is 0.317 e. The van der Waals surface area contributed by atoms with E-state index in [1.165, 1.54) is 0 Å². The fraction of sp³-hybridized carbons (Fsp3) is 0.500. The molecule has 21 heavy (non-hydrogen) atoms. The first kappa shape index (κ1) is 32.3. The molecule has 0 rings (SSSR count). The quantitative estimate of drug-likeness (QED) is 0.226. The maximum atomic E-state index is 9.24. The number of nitrogens with two attached hydrogens (primary N) is 4. The molecule has 0 fully saturated rings. The zero-order chi connectivity index (χ0) is 17.1. The van der Waals surface area contributed by atoms with Crippen molar-refractivity contribution in [2.75, 3.05) is 26.2 Å². The smallest absolute Gasteiger partial charge is 0.317 e. The van der Waals surface area contributed by atoms with E-state index in [4.69, 9.17) is 20.4 Å². The predicted octanol–water partition coefficient (Wildman–Crippen LogP) is -4.26. The van der Waals surface area contributed by atoms with Crippen LogP contribution in [0.15, 0.2) is 0 Å². The van der Waals surface area contributed by atoms with Crippen LogP contribution in [0.2, 0.25) is 0 Å². The number of rotatable bonds is 4. The number of carbonyl (C=O) groups is 4. The number of hydrogen-bond donors (Lipinski definition) is 8. The third kappa shape index (κ3) is 108. The Hall–Kier alpha value is -0.644. The predicted molar refractivity (Wildman–Crippen MR) is 72.5 cm³/mol. The Bertz CT molecular complexity index is 233. The molecule has 121 valence electrons. The van der Waals surface area contributed by atoms with Crippen LogP contribution in [0.5, 0.6) is 0 Å². The second-order valence-corrected chi connectivity index (χ2v) is 2.39. The summed E-state index contributed by atoms with van der Waals surface area (Å²) in [7, 11) is 0. The van der Waals surface area contributed by atoms with Gasteiger partial charge in [-0.1, -0.05) is 0 Å². The second kappa shape index (κ2) is 27.7. The van der Waals surface area contributed by atoms with Gasteiger partial charge in [-0.05, 0) is 0 Å². The minimum atomic E-state index is -0.968. The van der Waals surface area contributed by atoms with Gasteiger partial charge in [-0.15, -0.1) is 0 Å². The molecule has 0 spiro atoms. The molecule has 0 aliphatic rings. The van der Waals surface area contributed by atoms with Crippen molar-refractivity contribution in [1.29, 1.82) is 0 Å². The van der Waals surface area contributed by atoms with Gasteiger partial charge < -0.3 is 43.4 Å². The average Bonchev–Trinajstić information content (AvgIpc) is 2.40. The number of carboxylic acids is 4. The SMILES string of the molecule is NCC(=O)O.NCC(=O)O.NCC(=O)O.NCC(=O)O.[K]. The topological polar surface area (TPSA) is 253 Å². The minimum absolute atomic E-state index is 0. The van der Waals surface area contributed by atoms with Crippen molar-refractivity contribution in [3.05, 3.63) is 0 Å². The van der Waals surface area contributed by atoms with Crippen molar-refractivity contribution in [3.8, 4) is 0 Å². The summed E-state index contributed by atoms with van der Waals surface area (Å²) in [5, 5.41) is 30.4. The van der Waals surface area contributed by atoms with Crippen LogP contribution in [-0.4, -0.2) is 122 Å². The van der Waals surface area contributed by atoms with Crippen molar-refractivity contribution in [2.45, 2.75) is 0 Å². The normalized spacial score (nSPS) is 7.05. The van der Waals surface area contributed by atoms with Gasteiger partial charge >= 0.3 is 23.9 Å². The minimum Gasteiger partial charge on any atom is -0.480 e. The van der Waals surface area contributed by atoms with Gasteiger partial charge in [0, 0.05) is 51.4 Å². The van der Waals surface area contributed by atoms with E-state index in [9.17, 15) is 19.2 Å². The van der Waals surface area contributed by atoms with Gasteiger partial charge in [0.25, 0.3) is 0 Å². The van der Waals surface area contributed by atoms with E-state index < -0.39 is 23.9 Å². The van der Waals surface area contributed by atoms with Gasteiger partial charge in [0.2, 0.25) is 0 Å². The molecule has 0 unspecified atom stereocenters. The van der Waals surface area contributed by atoms with Crippen LogP contribution in [0.1, 0.15) is 0 Å². The molecule has 0 aromatic carbocycles. The first-order valence-corrected chi connectivity index (χ1v) is 4.76. The summed E-state index contributed by atoms with van der Waals surface area (Å²) in [5.41, 5.74) is 18.3. The largest absolute Gasteiger partial charge is 0.480 e. The molecule has 0 amide bonds. The van der Waals surface area contributed by atoms with Gasteiger partial charge in [0.05, 0.1) is 26.2 Å². The molecule has 13 heteroatoms. The Morgan fingerprint density at radius 3 is 0.571 bits per heavy atom. The molecule has 0 aliphatic carbocycles. The first-order chi connectivity index (χ1) is 9.08. The fourth-order valence-electron chi connectivity index (χ4n) is 0. The Morgan fingerprint density at radius 1 is 0.524 bits per heavy atom. The molecule has 0 heterocycles. The van der Waals surface area contributed by atoms with E-state index >= 15 is 0 Å². The molecule has 0 saturated carbocycles. The molecule has 0 aliphatic heterocycles. The Morgan fingerprint density at radius 2 is 0.571 bits per heavy atom. The Labute approximate surface area is 162 Å². The molecule has 1 radical (unpaired) electrons. The Balaban J connectivity index is -0.0000000533. The molecule has 12 nitrogen and oxygen atoms in total. The molecular formula is C8H20KN4O8. The zero-order valence-corrected chi connectivity index (χ0v) is 14.7.